The van der Waals surface area contributed by atoms with Gasteiger partial charge in [0.25, 0.3) is 0 Å². The summed E-state index contributed by atoms with van der Waals surface area (Å²) in [5.41, 5.74) is 1.01. The van der Waals surface area contributed by atoms with Gasteiger partial charge in [0.15, 0.2) is 0 Å². The molecule has 1 rings (SSSR count). The average Bonchev–Trinajstić information content (AvgIpc) is 2.31. The Kier molecular flexibility index (Phi) is 4.53. The van der Waals surface area contributed by atoms with Gasteiger partial charge < -0.3 is 4.90 Å². The van der Waals surface area contributed by atoms with Crippen LogP contribution >= 0.6 is 0 Å². The minimum Gasteiger partial charge on any atom is -0.332 e. The highest BCUT2D eigenvalue weighted by molar-refractivity contribution is 5.83. The topological polar surface area (TPSA) is 44.1 Å². The summed E-state index contributed by atoms with van der Waals surface area (Å²) in [7, 11) is 1.66. The van der Waals surface area contributed by atoms with Gasteiger partial charge in [0, 0.05) is 7.05 Å². The molecule has 0 N–H and O–H groups in total. The summed E-state index contributed by atoms with van der Waals surface area (Å²) in [5, 5.41) is 8.57. The number of hydrogen-bond donors (Lipinski definition) is 0. The zero-order valence-corrected chi connectivity index (χ0v) is 9.68. The van der Waals surface area contributed by atoms with E-state index in [0.29, 0.717) is 0 Å². The Labute approximate surface area is 96.3 Å². The van der Waals surface area contributed by atoms with Crippen molar-refractivity contribution in [3.8, 4) is 6.07 Å². The summed E-state index contributed by atoms with van der Waals surface area (Å²) in [6.07, 6.45) is 0.749. The molecule has 0 heterocycles. The van der Waals surface area contributed by atoms with Gasteiger partial charge in [-0.2, -0.15) is 5.26 Å². The maximum atomic E-state index is 12.0. The van der Waals surface area contributed by atoms with Crippen molar-refractivity contribution >= 4 is 5.91 Å². The van der Waals surface area contributed by atoms with Gasteiger partial charge in [-0.1, -0.05) is 37.3 Å². The van der Waals surface area contributed by atoms with Crippen LogP contribution in [-0.4, -0.2) is 24.4 Å². The normalized spacial score (nSPS) is 11.6. The van der Waals surface area contributed by atoms with E-state index in [4.69, 9.17) is 5.26 Å². The molecule has 0 saturated carbocycles. The monoisotopic (exact) mass is 216 g/mol. The van der Waals surface area contributed by atoms with E-state index in [1.165, 1.54) is 4.90 Å². The van der Waals surface area contributed by atoms with Crippen molar-refractivity contribution in [2.75, 3.05) is 13.6 Å². The first-order chi connectivity index (χ1) is 7.70. The number of carbonyl (C=O) groups is 1. The Morgan fingerprint density at radius 2 is 2.06 bits per heavy atom. The number of amides is 1. The fraction of sp³-hybridized carbons (Fsp3) is 0.385. The van der Waals surface area contributed by atoms with E-state index in [1.807, 2.05) is 43.3 Å². The van der Waals surface area contributed by atoms with Crippen LogP contribution in [0.1, 0.15) is 24.8 Å². The largest absolute Gasteiger partial charge is 0.332 e. The van der Waals surface area contributed by atoms with Gasteiger partial charge in [-0.05, 0) is 12.0 Å². The van der Waals surface area contributed by atoms with E-state index >= 15 is 0 Å². The molecule has 0 bridgehead atoms. The maximum absolute atomic E-state index is 12.0. The van der Waals surface area contributed by atoms with Gasteiger partial charge in [0.1, 0.15) is 6.54 Å². The SMILES string of the molecule is CCC(C(=O)N(C)CC#N)c1ccccc1. The molecule has 1 unspecified atom stereocenters. The average molecular weight is 216 g/mol. The molecule has 1 amide bonds. The first-order valence-corrected chi connectivity index (χ1v) is 5.37. The summed E-state index contributed by atoms with van der Waals surface area (Å²) in [6, 6.07) is 11.7. The molecular weight excluding hydrogens is 200 g/mol. The molecule has 0 radical (unpaired) electrons. The summed E-state index contributed by atoms with van der Waals surface area (Å²) >= 11 is 0. The number of likely N-dealkylation sites (N-methyl/N-ethyl adjacent to an activating group) is 1. The standard InChI is InChI=1S/C13H16N2O/c1-3-12(11-7-5-4-6-8-11)13(16)15(2)10-9-14/h4-8,12H,3,10H2,1-2H3. The Bertz CT molecular complexity index is 381. The first kappa shape index (κ1) is 12.3. The predicted octanol–water partition coefficient (Wildman–Crippen LogP) is 2.16. The minimum absolute atomic E-state index is 0.00949. The van der Waals surface area contributed by atoms with Crippen molar-refractivity contribution in [1.82, 2.24) is 4.90 Å². The van der Waals surface area contributed by atoms with Crippen LogP contribution < -0.4 is 0 Å². The van der Waals surface area contributed by atoms with Crippen LogP contribution in [0.5, 0.6) is 0 Å². The molecule has 0 aromatic heterocycles. The number of hydrogen-bond acceptors (Lipinski definition) is 2. The molecular formula is C13H16N2O. The molecule has 0 aliphatic rings. The van der Waals surface area contributed by atoms with E-state index in [0.717, 1.165) is 12.0 Å². The van der Waals surface area contributed by atoms with Crippen LogP contribution in [0.15, 0.2) is 30.3 Å². The second kappa shape index (κ2) is 5.92. The first-order valence-electron chi connectivity index (χ1n) is 5.37. The third kappa shape index (κ3) is 2.83. The summed E-state index contributed by atoms with van der Waals surface area (Å²) in [5.74, 6) is -0.130. The number of nitriles is 1. The molecule has 0 saturated heterocycles. The van der Waals surface area contributed by atoms with E-state index in [2.05, 4.69) is 0 Å². The lowest BCUT2D eigenvalue weighted by atomic mass is 9.95. The number of nitrogens with zero attached hydrogens (tertiary/aromatic N) is 2. The van der Waals surface area contributed by atoms with Crippen molar-refractivity contribution in [2.45, 2.75) is 19.3 Å². The zero-order chi connectivity index (χ0) is 12.0. The van der Waals surface area contributed by atoms with Gasteiger partial charge in [-0.25, -0.2) is 0 Å². The predicted molar refractivity (Wildman–Crippen MR) is 62.7 cm³/mol. The molecule has 3 heteroatoms. The maximum Gasteiger partial charge on any atom is 0.230 e. The molecule has 3 nitrogen and oxygen atoms in total. The van der Waals surface area contributed by atoms with Gasteiger partial charge in [0.2, 0.25) is 5.91 Å². The Hall–Kier alpha value is -1.82. The van der Waals surface area contributed by atoms with E-state index in [9.17, 15) is 4.79 Å². The van der Waals surface area contributed by atoms with Crippen LogP contribution in [-0.2, 0) is 4.79 Å². The third-order valence-corrected chi connectivity index (χ3v) is 2.59. The number of rotatable bonds is 4. The molecule has 0 fully saturated rings. The molecule has 1 aromatic rings. The molecule has 1 atom stereocenters. The van der Waals surface area contributed by atoms with Crippen molar-refractivity contribution < 1.29 is 4.79 Å². The Morgan fingerprint density at radius 3 is 2.56 bits per heavy atom. The van der Waals surface area contributed by atoms with Crippen LogP contribution in [0.25, 0.3) is 0 Å². The zero-order valence-electron chi connectivity index (χ0n) is 9.68. The smallest absolute Gasteiger partial charge is 0.230 e. The van der Waals surface area contributed by atoms with Crippen molar-refractivity contribution in [1.29, 1.82) is 5.26 Å². The van der Waals surface area contributed by atoms with Crippen LogP contribution in [0.2, 0.25) is 0 Å². The van der Waals surface area contributed by atoms with Crippen molar-refractivity contribution in [3.05, 3.63) is 35.9 Å². The van der Waals surface area contributed by atoms with Gasteiger partial charge in [-0.3, -0.25) is 4.79 Å². The van der Waals surface area contributed by atoms with Crippen LogP contribution in [0, 0.1) is 11.3 Å². The Balaban J connectivity index is 2.84. The van der Waals surface area contributed by atoms with Crippen molar-refractivity contribution in [3.63, 3.8) is 0 Å². The van der Waals surface area contributed by atoms with Gasteiger partial charge >= 0.3 is 0 Å². The van der Waals surface area contributed by atoms with Gasteiger partial charge in [-0.15, -0.1) is 0 Å². The van der Waals surface area contributed by atoms with Crippen LogP contribution in [0.4, 0.5) is 0 Å². The molecule has 0 aliphatic heterocycles. The molecule has 0 aliphatic carbocycles. The quantitative estimate of drug-likeness (QED) is 0.724. The summed E-state index contributed by atoms with van der Waals surface area (Å²) < 4.78 is 0. The molecule has 84 valence electrons. The van der Waals surface area contributed by atoms with E-state index in [-0.39, 0.29) is 18.4 Å². The highest BCUT2D eigenvalue weighted by Crippen LogP contribution is 2.21. The van der Waals surface area contributed by atoms with Gasteiger partial charge in [0.05, 0.1) is 12.0 Å². The third-order valence-electron chi connectivity index (χ3n) is 2.59. The highest BCUT2D eigenvalue weighted by Gasteiger charge is 2.21. The lowest BCUT2D eigenvalue weighted by Crippen LogP contribution is -2.31. The van der Waals surface area contributed by atoms with Crippen LogP contribution in [0.3, 0.4) is 0 Å². The van der Waals surface area contributed by atoms with Crippen molar-refractivity contribution in [2.24, 2.45) is 0 Å². The minimum atomic E-state index is -0.139. The number of carbonyl (C=O) groups excluding carboxylic acids is 1. The lowest BCUT2D eigenvalue weighted by Gasteiger charge is -2.20. The Morgan fingerprint density at radius 1 is 1.44 bits per heavy atom. The highest BCUT2D eigenvalue weighted by atomic mass is 16.2. The summed E-state index contributed by atoms with van der Waals surface area (Å²) in [4.78, 5) is 13.5. The second-order valence-corrected chi connectivity index (χ2v) is 3.72. The second-order valence-electron chi connectivity index (χ2n) is 3.72. The van der Waals surface area contributed by atoms with E-state index in [1.54, 1.807) is 7.05 Å². The molecule has 0 spiro atoms. The molecule has 1 aromatic carbocycles. The molecule has 16 heavy (non-hydrogen) atoms. The van der Waals surface area contributed by atoms with E-state index < -0.39 is 0 Å². The summed E-state index contributed by atoms with van der Waals surface area (Å²) in [6.45, 7) is 2.12. The number of benzene rings is 1. The fourth-order valence-electron chi connectivity index (χ4n) is 1.69. The lowest BCUT2D eigenvalue weighted by molar-refractivity contribution is -0.131. The fourth-order valence-corrected chi connectivity index (χ4v) is 1.69.